The third-order valence-corrected chi connectivity index (χ3v) is 1.96. The van der Waals surface area contributed by atoms with Gasteiger partial charge in [-0.25, -0.2) is 5.48 Å². The van der Waals surface area contributed by atoms with Crippen molar-refractivity contribution in [3.05, 3.63) is 29.3 Å². The van der Waals surface area contributed by atoms with Gasteiger partial charge in [-0.05, 0) is 25.1 Å². The molecule has 5 heteroatoms. The Morgan fingerprint density at radius 2 is 2.31 bits per heavy atom. The van der Waals surface area contributed by atoms with Crippen LogP contribution in [0.5, 0.6) is 5.75 Å². The SMILES string of the molecule is CCONC(=O)CCOc1cccc(Cl)c1. The zero-order chi connectivity index (χ0) is 11.8. The first-order valence-corrected chi connectivity index (χ1v) is 5.39. The number of ether oxygens (including phenoxy) is 1. The van der Waals surface area contributed by atoms with Gasteiger partial charge in [-0.1, -0.05) is 17.7 Å². The molecule has 0 aliphatic carbocycles. The molecule has 0 heterocycles. The molecular formula is C11H14ClNO3. The summed E-state index contributed by atoms with van der Waals surface area (Å²) in [5.41, 5.74) is 2.28. The summed E-state index contributed by atoms with van der Waals surface area (Å²) in [6, 6.07) is 7.03. The van der Waals surface area contributed by atoms with E-state index in [1.165, 1.54) is 0 Å². The van der Waals surface area contributed by atoms with Gasteiger partial charge in [-0.15, -0.1) is 0 Å². The van der Waals surface area contributed by atoms with Gasteiger partial charge < -0.3 is 4.74 Å². The quantitative estimate of drug-likeness (QED) is 0.779. The first kappa shape index (κ1) is 12.8. The van der Waals surface area contributed by atoms with E-state index in [9.17, 15) is 4.79 Å². The summed E-state index contributed by atoms with van der Waals surface area (Å²) >= 11 is 5.78. The molecule has 1 amide bonds. The van der Waals surface area contributed by atoms with Crippen molar-refractivity contribution < 1.29 is 14.4 Å². The van der Waals surface area contributed by atoms with Crippen molar-refractivity contribution in [2.24, 2.45) is 0 Å². The molecule has 0 bridgehead atoms. The minimum atomic E-state index is -0.205. The third kappa shape index (κ3) is 5.00. The third-order valence-electron chi connectivity index (χ3n) is 1.72. The van der Waals surface area contributed by atoms with E-state index in [1.54, 1.807) is 31.2 Å². The average molecular weight is 244 g/mol. The zero-order valence-corrected chi connectivity index (χ0v) is 9.79. The van der Waals surface area contributed by atoms with Crippen molar-refractivity contribution in [3.63, 3.8) is 0 Å². The summed E-state index contributed by atoms with van der Waals surface area (Å²) in [7, 11) is 0. The second kappa shape index (κ2) is 7.09. The Morgan fingerprint density at radius 3 is 3.00 bits per heavy atom. The fourth-order valence-corrected chi connectivity index (χ4v) is 1.20. The monoisotopic (exact) mass is 243 g/mol. The molecule has 0 aliphatic heterocycles. The Hall–Kier alpha value is -1.26. The fraction of sp³-hybridized carbons (Fsp3) is 0.364. The Kier molecular flexibility index (Phi) is 5.67. The first-order chi connectivity index (χ1) is 7.72. The van der Waals surface area contributed by atoms with Gasteiger partial charge in [0.15, 0.2) is 0 Å². The predicted octanol–water partition coefficient (Wildman–Crippen LogP) is 2.18. The lowest BCUT2D eigenvalue weighted by molar-refractivity contribution is -0.133. The van der Waals surface area contributed by atoms with Crippen LogP contribution in [-0.2, 0) is 9.63 Å². The maximum Gasteiger partial charge on any atom is 0.246 e. The molecule has 1 rings (SSSR count). The van der Waals surface area contributed by atoms with E-state index in [1.807, 2.05) is 0 Å². The standard InChI is InChI=1S/C11H14ClNO3/c1-2-16-13-11(14)6-7-15-10-5-3-4-9(12)8-10/h3-5,8H,2,6-7H2,1H3,(H,13,14). The number of halogens is 1. The van der Waals surface area contributed by atoms with E-state index >= 15 is 0 Å². The number of benzene rings is 1. The second-order valence-electron chi connectivity index (χ2n) is 3.01. The van der Waals surface area contributed by atoms with Gasteiger partial charge in [0.25, 0.3) is 0 Å². The number of amides is 1. The molecule has 0 saturated carbocycles. The van der Waals surface area contributed by atoms with Gasteiger partial charge in [0.2, 0.25) is 5.91 Å². The molecule has 0 radical (unpaired) electrons. The van der Waals surface area contributed by atoms with Gasteiger partial charge in [-0.3, -0.25) is 9.63 Å². The summed E-state index contributed by atoms with van der Waals surface area (Å²) in [5.74, 6) is 0.445. The van der Waals surface area contributed by atoms with Crippen LogP contribution in [-0.4, -0.2) is 19.1 Å². The summed E-state index contributed by atoms with van der Waals surface area (Å²) < 4.78 is 5.34. The van der Waals surface area contributed by atoms with Crippen molar-refractivity contribution >= 4 is 17.5 Å². The van der Waals surface area contributed by atoms with Crippen LogP contribution in [0.1, 0.15) is 13.3 Å². The van der Waals surface area contributed by atoms with Crippen LogP contribution in [0.3, 0.4) is 0 Å². The molecule has 0 aliphatic rings. The van der Waals surface area contributed by atoms with Gasteiger partial charge in [0.05, 0.1) is 19.6 Å². The molecule has 0 aromatic heterocycles. The largest absolute Gasteiger partial charge is 0.493 e. The molecule has 1 aromatic carbocycles. The smallest absolute Gasteiger partial charge is 0.246 e. The molecule has 88 valence electrons. The van der Waals surface area contributed by atoms with Crippen molar-refractivity contribution in [1.82, 2.24) is 5.48 Å². The summed E-state index contributed by atoms with van der Waals surface area (Å²) in [5, 5.41) is 0.608. The molecule has 0 fully saturated rings. The van der Waals surface area contributed by atoms with Crippen LogP contribution in [0.15, 0.2) is 24.3 Å². The number of carbonyl (C=O) groups is 1. The molecule has 16 heavy (non-hydrogen) atoms. The lowest BCUT2D eigenvalue weighted by Crippen LogP contribution is -2.25. The van der Waals surface area contributed by atoms with Gasteiger partial charge >= 0.3 is 0 Å². The predicted molar refractivity (Wildman–Crippen MR) is 61.3 cm³/mol. The average Bonchev–Trinajstić information content (AvgIpc) is 2.26. The molecule has 0 spiro atoms. The lowest BCUT2D eigenvalue weighted by Gasteiger charge is -2.06. The van der Waals surface area contributed by atoms with Crippen LogP contribution in [0, 0.1) is 0 Å². The molecule has 1 N–H and O–H groups in total. The van der Waals surface area contributed by atoms with Crippen LogP contribution in [0.25, 0.3) is 0 Å². The maximum atomic E-state index is 11.1. The number of hydrogen-bond acceptors (Lipinski definition) is 3. The number of hydrogen-bond donors (Lipinski definition) is 1. The van der Waals surface area contributed by atoms with E-state index < -0.39 is 0 Å². The van der Waals surface area contributed by atoms with Crippen molar-refractivity contribution in [3.8, 4) is 5.75 Å². The summed E-state index contributed by atoms with van der Waals surface area (Å²) in [6.45, 7) is 2.53. The molecule has 4 nitrogen and oxygen atoms in total. The second-order valence-corrected chi connectivity index (χ2v) is 3.45. The fourth-order valence-electron chi connectivity index (χ4n) is 1.02. The number of rotatable bonds is 6. The van der Waals surface area contributed by atoms with Crippen LogP contribution < -0.4 is 10.2 Å². The highest BCUT2D eigenvalue weighted by atomic mass is 35.5. The van der Waals surface area contributed by atoms with Gasteiger partial charge in [0, 0.05) is 5.02 Å². The topological polar surface area (TPSA) is 47.6 Å². The van der Waals surface area contributed by atoms with Crippen molar-refractivity contribution in [2.45, 2.75) is 13.3 Å². The molecule has 1 aromatic rings. The van der Waals surface area contributed by atoms with Gasteiger partial charge in [0.1, 0.15) is 5.75 Å². The van der Waals surface area contributed by atoms with Crippen LogP contribution >= 0.6 is 11.6 Å². The number of carbonyl (C=O) groups excluding carboxylic acids is 1. The van der Waals surface area contributed by atoms with Crippen molar-refractivity contribution in [1.29, 1.82) is 0 Å². The summed E-state index contributed by atoms with van der Waals surface area (Å²) in [6.07, 6.45) is 0.243. The van der Waals surface area contributed by atoms with Crippen LogP contribution in [0.2, 0.25) is 5.02 Å². The highest BCUT2D eigenvalue weighted by Gasteiger charge is 2.01. The van der Waals surface area contributed by atoms with E-state index in [2.05, 4.69) is 5.48 Å². The Bertz CT molecular complexity index is 344. The minimum Gasteiger partial charge on any atom is -0.493 e. The first-order valence-electron chi connectivity index (χ1n) is 5.01. The van der Waals surface area contributed by atoms with E-state index in [0.717, 1.165) is 0 Å². The van der Waals surface area contributed by atoms with E-state index in [0.29, 0.717) is 24.0 Å². The molecular weight excluding hydrogens is 230 g/mol. The lowest BCUT2D eigenvalue weighted by atomic mass is 10.3. The minimum absolute atomic E-state index is 0.205. The van der Waals surface area contributed by atoms with E-state index in [4.69, 9.17) is 21.2 Å². The van der Waals surface area contributed by atoms with Crippen molar-refractivity contribution in [2.75, 3.05) is 13.2 Å². The van der Waals surface area contributed by atoms with Gasteiger partial charge in [-0.2, -0.15) is 0 Å². The zero-order valence-electron chi connectivity index (χ0n) is 9.03. The Balaban J connectivity index is 2.22. The van der Waals surface area contributed by atoms with Crippen LogP contribution in [0.4, 0.5) is 0 Å². The summed E-state index contributed by atoms with van der Waals surface area (Å²) in [4.78, 5) is 15.9. The number of nitrogens with one attached hydrogen (secondary N) is 1. The normalized spacial score (nSPS) is 9.88. The highest BCUT2D eigenvalue weighted by molar-refractivity contribution is 6.30. The Labute approximate surface area is 99.5 Å². The molecule has 0 atom stereocenters. The molecule has 0 unspecified atom stereocenters. The Morgan fingerprint density at radius 1 is 1.50 bits per heavy atom. The number of hydroxylamine groups is 1. The maximum absolute atomic E-state index is 11.1. The van der Waals surface area contributed by atoms with E-state index in [-0.39, 0.29) is 12.3 Å². The highest BCUT2D eigenvalue weighted by Crippen LogP contribution is 2.16. The molecule has 0 saturated heterocycles.